The first-order valence-electron chi connectivity index (χ1n) is 6.30. The zero-order valence-electron chi connectivity index (χ0n) is 11.1. The van der Waals surface area contributed by atoms with Crippen LogP contribution in [-0.2, 0) is 14.8 Å². The van der Waals surface area contributed by atoms with Crippen molar-refractivity contribution in [3.05, 3.63) is 12.4 Å². The van der Waals surface area contributed by atoms with E-state index in [0.717, 1.165) is 12.8 Å². The van der Waals surface area contributed by atoms with Gasteiger partial charge in [-0.15, -0.1) is 0 Å². The quantitative estimate of drug-likeness (QED) is 0.575. The third-order valence-corrected chi connectivity index (χ3v) is 4.24. The molecule has 0 radical (unpaired) electrons. The first-order chi connectivity index (χ1) is 9.53. The smallest absolute Gasteiger partial charge is 0.243 e. The second-order valence-electron chi connectivity index (χ2n) is 4.46. The molecule has 0 unspecified atom stereocenters. The third-order valence-electron chi connectivity index (χ3n) is 2.83. The summed E-state index contributed by atoms with van der Waals surface area (Å²) in [6, 6.07) is 0. The van der Waals surface area contributed by atoms with Gasteiger partial charge in [-0.25, -0.2) is 23.1 Å². The Morgan fingerprint density at radius 1 is 1.30 bits per heavy atom. The Labute approximate surface area is 117 Å². The van der Waals surface area contributed by atoms with Gasteiger partial charge in [-0.05, 0) is 12.8 Å². The predicted molar refractivity (Wildman–Crippen MR) is 72.5 cm³/mol. The highest BCUT2D eigenvalue weighted by Crippen LogP contribution is 2.28. The highest BCUT2D eigenvalue weighted by atomic mass is 32.2. The molecule has 1 aliphatic rings. The molecule has 9 heteroatoms. The summed E-state index contributed by atoms with van der Waals surface area (Å²) in [7, 11) is -2.00. The van der Waals surface area contributed by atoms with E-state index in [9.17, 15) is 13.2 Å². The summed E-state index contributed by atoms with van der Waals surface area (Å²) >= 11 is 0. The Morgan fingerprint density at radius 3 is 2.50 bits per heavy atom. The number of hydrogen-bond acceptors (Lipinski definition) is 6. The molecule has 1 amide bonds. The minimum absolute atomic E-state index is 0.00842. The normalized spacial score (nSPS) is 14.8. The lowest BCUT2D eigenvalue weighted by Crippen LogP contribution is -2.35. The summed E-state index contributed by atoms with van der Waals surface area (Å²) in [5.74, 6) is 0.459. The molecule has 3 N–H and O–H groups in total. The van der Waals surface area contributed by atoms with E-state index in [4.69, 9.17) is 0 Å². The second kappa shape index (κ2) is 6.14. The highest BCUT2D eigenvalue weighted by molar-refractivity contribution is 7.89. The minimum Gasteiger partial charge on any atom is -0.357 e. The first-order valence-corrected chi connectivity index (χ1v) is 7.78. The predicted octanol–water partition coefficient (Wildman–Crippen LogP) is -0.677. The number of amides is 1. The molecule has 0 aliphatic heterocycles. The van der Waals surface area contributed by atoms with Gasteiger partial charge in [0.1, 0.15) is 4.90 Å². The van der Waals surface area contributed by atoms with E-state index in [2.05, 4.69) is 25.3 Å². The molecule has 0 saturated heterocycles. The van der Waals surface area contributed by atoms with E-state index in [1.54, 1.807) is 7.05 Å². The molecule has 2 rings (SSSR count). The monoisotopic (exact) mass is 299 g/mol. The SMILES string of the molecule is CNc1ncc(S(=O)(=O)NCCNC(=O)C2CC2)cn1. The molecule has 0 aromatic carbocycles. The molecule has 0 bridgehead atoms. The zero-order chi connectivity index (χ0) is 14.6. The van der Waals surface area contributed by atoms with E-state index in [1.807, 2.05) is 0 Å². The van der Waals surface area contributed by atoms with Crippen LogP contribution < -0.4 is 15.4 Å². The molecular weight excluding hydrogens is 282 g/mol. The average molecular weight is 299 g/mol. The summed E-state index contributed by atoms with van der Waals surface area (Å²) in [4.78, 5) is 19.0. The number of aromatic nitrogens is 2. The van der Waals surface area contributed by atoms with Crippen LogP contribution in [0.1, 0.15) is 12.8 Å². The lowest BCUT2D eigenvalue weighted by atomic mass is 10.4. The fraction of sp³-hybridized carbons (Fsp3) is 0.545. The number of carbonyl (C=O) groups excluding carboxylic acids is 1. The molecule has 1 aliphatic carbocycles. The van der Waals surface area contributed by atoms with Crippen molar-refractivity contribution in [3.63, 3.8) is 0 Å². The number of carbonyl (C=O) groups is 1. The van der Waals surface area contributed by atoms with E-state index in [-0.39, 0.29) is 29.8 Å². The zero-order valence-corrected chi connectivity index (χ0v) is 11.9. The average Bonchev–Trinajstić information content (AvgIpc) is 3.28. The van der Waals surface area contributed by atoms with Crippen LogP contribution >= 0.6 is 0 Å². The summed E-state index contributed by atoms with van der Waals surface area (Å²) in [6.07, 6.45) is 4.30. The fourth-order valence-electron chi connectivity index (χ4n) is 1.53. The lowest BCUT2D eigenvalue weighted by molar-refractivity contribution is -0.122. The van der Waals surface area contributed by atoms with Crippen molar-refractivity contribution in [2.45, 2.75) is 17.7 Å². The molecule has 20 heavy (non-hydrogen) atoms. The van der Waals surface area contributed by atoms with Gasteiger partial charge in [0.05, 0.1) is 12.4 Å². The Bertz CT molecular complexity index is 568. The number of nitrogens with zero attached hydrogens (tertiary/aromatic N) is 2. The maximum atomic E-state index is 11.9. The van der Waals surface area contributed by atoms with Gasteiger partial charge in [0.2, 0.25) is 21.9 Å². The summed E-state index contributed by atoms with van der Waals surface area (Å²) < 4.78 is 26.2. The summed E-state index contributed by atoms with van der Waals surface area (Å²) in [5, 5.41) is 5.38. The van der Waals surface area contributed by atoms with Crippen molar-refractivity contribution in [1.82, 2.24) is 20.0 Å². The molecule has 1 heterocycles. The molecule has 0 atom stereocenters. The van der Waals surface area contributed by atoms with Crippen LogP contribution in [0.3, 0.4) is 0 Å². The van der Waals surface area contributed by atoms with Crippen LogP contribution in [0.2, 0.25) is 0 Å². The van der Waals surface area contributed by atoms with Gasteiger partial charge in [0.25, 0.3) is 0 Å². The van der Waals surface area contributed by atoms with E-state index in [1.165, 1.54) is 12.4 Å². The van der Waals surface area contributed by atoms with Crippen molar-refractivity contribution < 1.29 is 13.2 Å². The van der Waals surface area contributed by atoms with E-state index in [0.29, 0.717) is 5.95 Å². The Morgan fingerprint density at radius 2 is 1.95 bits per heavy atom. The molecule has 8 nitrogen and oxygen atoms in total. The van der Waals surface area contributed by atoms with Crippen LogP contribution in [0.5, 0.6) is 0 Å². The summed E-state index contributed by atoms with van der Waals surface area (Å²) in [5.41, 5.74) is 0. The number of rotatable bonds is 7. The van der Waals surface area contributed by atoms with Crippen LogP contribution in [0.15, 0.2) is 17.3 Å². The Balaban J connectivity index is 1.81. The van der Waals surface area contributed by atoms with Crippen molar-refractivity contribution in [1.29, 1.82) is 0 Å². The van der Waals surface area contributed by atoms with Crippen molar-refractivity contribution >= 4 is 21.9 Å². The fourth-order valence-corrected chi connectivity index (χ4v) is 2.45. The molecule has 0 spiro atoms. The summed E-state index contributed by atoms with van der Waals surface area (Å²) in [6.45, 7) is 0.401. The van der Waals surface area contributed by atoms with Gasteiger partial charge in [0.15, 0.2) is 0 Å². The lowest BCUT2D eigenvalue weighted by Gasteiger charge is -2.07. The van der Waals surface area contributed by atoms with Crippen LogP contribution in [-0.4, -0.2) is 44.4 Å². The van der Waals surface area contributed by atoms with Gasteiger partial charge in [-0.1, -0.05) is 0 Å². The number of hydrogen-bond donors (Lipinski definition) is 3. The largest absolute Gasteiger partial charge is 0.357 e. The second-order valence-corrected chi connectivity index (χ2v) is 6.22. The number of nitrogens with one attached hydrogen (secondary N) is 3. The first kappa shape index (κ1) is 14.7. The van der Waals surface area contributed by atoms with Gasteiger partial charge < -0.3 is 10.6 Å². The van der Waals surface area contributed by atoms with Crippen molar-refractivity contribution in [3.8, 4) is 0 Å². The maximum Gasteiger partial charge on any atom is 0.243 e. The van der Waals surface area contributed by atoms with Crippen LogP contribution in [0.25, 0.3) is 0 Å². The molecule has 1 aromatic heterocycles. The molecule has 1 aromatic rings. The number of sulfonamides is 1. The standard InChI is InChI=1S/C11H17N5O3S/c1-12-11-14-6-9(7-15-11)20(18,19)16-5-4-13-10(17)8-2-3-8/h6-8,16H,2-5H2,1H3,(H,13,17)(H,12,14,15). The minimum atomic E-state index is -3.64. The maximum absolute atomic E-state index is 11.9. The van der Waals surface area contributed by atoms with Gasteiger partial charge in [0, 0.05) is 26.1 Å². The molecule has 110 valence electrons. The van der Waals surface area contributed by atoms with E-state index >= 15 is 0 Å². The van der Waals surface area contributed by atoms with Gasteiger partial charge >= 0.3 is 0 Å². The van der Waals surface area contributed by atoms with Gasteiger partial charge in [-0.3, -0.25) is 4.79 Å². The Hall–Kier alpha value is -1.74. The molecule has 1 fully saturated rings. The van der Waals surface area contributed by atoms with Gasteiger partial charge in [-0.2, -0.15) is 0 Å². The molecule has 1 saturated carbocycles. The Kier molecular flexibility index (Phi) is 4.50. The topological polar surface area (TPSA) is 113 Å². The van der Waals surface area contributed by atoms with E-state index < -0.39 is 10.0 Å². The van der Waals surface area contributed by atoms with Crippen LogP contribution in [0.4, 0.5) is 5.95 Å². The molecular formula is C11H17N5O3S. The highest BCUT2D eigenvalue weighted by Gasteiger charge is 2.29. The van der Waals surface area contributed by atoms with Crippen LogP contribution in [0, 0.1) is 5.92 Å². The van der Waals surface area contributed by atoms with Crippen molar-refractivity contribution in [2.24, 2.45) is 5.92 Å². The third kappa shape index (κ3) is 3.87. The number of anilines is 1. The van der Waals surface area contributed by atoms with Crippen molar-refractivity contribution in [2.75, 3.05) is 25.5 Å².